The maximum absolute atomic E-state index is 12.8. The minimum Gasteiger partial charge on any atom is -0.327 e. The lowest BCUT2D eigenvalue weighted by Gasteiger charge is -2.31. The lowest BCUT2D eigenvalue weighted by molar-refractivity contribution is 0.177. The highest BCUT2D eigenvalue weighted by atomic mass is 19.1. The Bertz CT molecular complexity index is 441. The van der Waals surface area contributed by atoms with Gasteiger partial charge >= 0.3 is 6.03 Å². The van der Waals surface area contributed by atoms with E-state index in [1.165, 1.54) is 12.1 Å². The van der Waals surface area contributed by atoms with Gasteiger partial charge in [-0.25, -0.2) is 9.18 Å². The van der Waals surface area contributed by atoms with Crippen LogP contribution in [-0.2, 0) is 0 Å². The lowest BCUT2D eigenvalue weighted by atomic mass is 9.97. The fraction of sp³-hybridized carbons (Fsp3) is 0.533. The van der Waals surface area contributed by atoms with Crippen LogP contribution in [0.1, 0.15) is 12.8 Å². The standard InChI is InChI=1S/C15H22FN3O/c1-18-9-7-12(8-10-18)11-19(2)15(20)17-14-5-3-13(16)4-6-14/h3-6,12H,7-11H2,1-2H3,(H,17,20). The summed E-state index contributed by atoms with van der Waals surface area (Å²) in [7, 11) is 3.93. The third kappa shape index (κ3) is 4.20. The van der Waals surface area contributed by atoms with Gasteiger partial charge in [-0.2, -0.15) is 0 Å². The fourth-order valence-corrected chi connectivity index (χ4v) is 2.47. The Labute approximate surface area is 119 Å². The molecule has 0 atom stereocenters. The van der Waals surface area contributed by atoms with Gasteiger partial charge in [0.15, 0.2) is 0 Å². The molecule has 0 unspecified atom stereocenters. The molecule has 5 heteroatoms. The van der Waals surface area contributed by atoms with Crippen molar-refractivity contribution in [2.75, 3.05) is 39.0 Å². The molecule has 0 saturated carbocycles. The molecule has 20 heavy (non-hydrogen) atoms. The molecule has 0 aliphatic carbocycles. The number of urea groups is 1. The molecular weight excluding hydrogens is 257 g/mol. The number of piperidine rings is 1. The summed E-state index contributed by atoms with van der Waals surface area (Å²) < 4.78 is 12.8. The van der Waals surface area contributed by atoms with Gasteiger partial charge in [-0.05, 0) is 63.2 Å². The first-order valence-corrected chi connectivity index (χ1v) is 7.01. The maximum atomic E-state index is 12.8. The summed E-state index contributed by atoms with van der Waals surface area (Å²) >= 11 is 0. The Morgan fingerprint density at radius 1 is 1.35 bits per heavy atom. The SMILES string of the molecule is CN1CCC(CN(C)C(=O)Nc2ccc(F)cc2)CC1. The van der Waals surface area contributed by atoms with Gasteiger partial charge in [-0.3, -0.25) is 0 Å². The Morgan fingerprint density at radius 2 is 1.95 bits per heavy atom. The molecule has 2 rings (SSSR count). The van der Waals surface area contributed by atoms with Gasteiger partial charge in [-0.1, -0.05) is 0 Å². The zero-order chi connectivity index (χ0) is 14.5. The zero-order valence-electron chi connectivity index (χ0n) is 12.1. The monoisotopic (exact) mass is 279 g/mol. The molecule has 2 amide bonds. The largest absolute Gasteiger partial charge is 0.327 e. The third-order valence-electron chi connectivity index (χ3n) is 3.81. The van der Waals surface area contributed by atoms with Crippen LogP contribution in [0.2, 0.25) is 0 Å². The number of nitrogens with zero attached hydrogens (tertiary/aromatic N) is 2. The number of nitrogens with one attached hydrogen (secondary N) is 1. The first-order valence-electron chi connectivity index (χ1n) is 7.01. The molecule has 0 aromatic heterocycles. The van der Waals surface area contributed by atoms with Crippen LogP contribution in [0, 0.1) is 11.7 Å². The summed E-state index contributed by atoms with van der Waals surface area (Å²) in [6.07, 6.45) is 2.26. The van der Waals surface area contributed by atoms with Gasteiger partial charge in [0.2, 0.25) is 0 Å². The molecular formula is C15H22FN3O. The molecule has 1 saturated heterocycles. The second kappa shape index (κ2) is 6.70. The number of halogens is 1. The molecule has 1 fully saturated rings. The predicted octanol–water partition coefficient (Wildman–Crippen LogP) is 2.63. The van der Waals surface area contributed by atoms with E-state index in [0.29, 0.717) is 11.6 Å². The third-order valence-corrected chi connectivity index (χ3v) is 3.81. The van der Waals surface area contributed by atoms with Crippen LogP contribution in [-0.4, -0.2) is 49.6 Å². The normalized spacial score (nSPS) is 16.9. The Morgan fingerprint density at radius 3 is 2.55 bits per heavy atom. The number of anilines is 1. The number of rotatable bonds is 3. The molecule has 1 aliphatic rings. The predicted molar refractivity (Wildman–Crippen MR) is 78.3 cm³/mol. The molecule has 4 nitrogen and oxygen atoms in total. The van der Waals surface area contributed by atoms with Crippen molar-refractivity contribution in [2.45, 2.75) is 12.8 Å². The smallest absolute Gasteiger partial charge is 0.321 e. The number of benzene rings is 1. The van der Waals surface area contributed by atoms with Crippen LogP contribution in [0.5, 0.6) is 0 Å². The van der Waals surface area contributed by atoms with Crippen LogP contribution >= 0.6 is 0 Å². The molecule has 1 aromatic rings. The number of likely N-dealkylation sites (tertiary alicyclic amines) is 1. The van der Waals surface area contributed by atoms with Crippen molar-refractivity contribution in [1.82, 2.24) is 9.80 Å². The molecule has 110 valence electrons. The van der Waals surface area contributed by atoms with E-state index in [0.717, 1.165) is 32.5 Å². The minimum absolute atomic E-state index is 0.143. The van der Waals surface area contributed by atoms with Crippen molar-refractivity contribution in [3.05, 3.63) is 30.1 Å². The van der Waals surface area contributed by atoms with Crippen LogP contribution < -0.4 is 5.32 Å². The fourth-order valence-electron chi connectivity index (χ4n) is 2.47. The van der Waals surface area contributed by atoms with E-state index < -0.39 is 0 Å². The van der Waals surface area contributed by atoms with E-state index in [4.69, 9.17) is 0 Å². The highest BCUT2D eigenvalue weighted by molar-refractivity contribution is 5.89. The van der Waals surface area contributed by atoms with E-state index in [-0.39, 0.29) is 11.8 Å². The Kier molecular flexibility index (Phi) is 4.95. The van der Waals surface area contributed by atoms with Crippen LogP contribution in [0.25, 0.3) is 0 Å². The summed E-state index contributed by atoms with van der Waals surface area (Å²) in [6.45, 7) is 2.96. The van der Waals surface area contributed by atoms with Crippen molar-refractivity contribution >= 4 is 11.7 Å². The molecule has 0 spiro atoms. The molecule has 1 N–H and O–H groups in total. The van der Waals surface area contributed by atoms with Crippen LogP contribution in [0.15, 0.2) is 24.3 Å². The topological polar surface area (TPSA) is 35.6 Å². The van der Waals surface area contributed by atoms with E-state index in [1.54, 1.807) is 24.1 Å². The number of amides is 2. The maximum Gasteiger partial charge on any atom is 0.321 e. The van der Waals surface area contributed by atoms with Crippen LogP contribution in [0.3, 0.4) is 0 Å². The van der Waals surface area contributed by atoms with Gasteiger partial charge < -0.3 is 15.1 Å². The van der Waals surface area contributed by atoms with Crippen molar-refractivity contribution < 1.29 is 9.18 Å². The average Bonchev–Trinajstić information content (AvgIpc) is 2.44. The first kappa shape index (κ1) is 14.8. The highest BCUT2D eigenvalue weighted by Gasteiger charge is 2.20. The zero-order valence-corrected chi connectivity index (χ0v) is 12.1. The van der Waals surface area contributed by atoms with Crippen LogP contribution in [0.4, 0.5) is 14.9 Å². The number of carbonyl (C=O) groups excluding carboxylic acids is 1. The quantitative estimate of drug-likeness (QED) is 0.923. The Hall–Kier alpha value is -1.62. The van der Waals surface area contributed by atoms with Crippen molar-refractivity contribution in [3.63, 3.8) is 0 Å². The average molecular weight is 279 g/mol. The van der Waals surface area contributed by atoms with E-state index in [2.05, 4.69) is 17.3 Å². The van der Waals surface area contributed by atoms with Crippen molar-refractivity contribution in [2.24, 2.45) is 5.92 Å². The summed E-state index contributed by atoms with van der Waals surface area (Å²) in [6, 6.07) is 5.67. The van der Waals surface area contributed by atoms with Crippen molar-refractivity contribution in [3.8, 4) is 0 Å². The molecule has 1 aliphatic heterocycles. The number of hydrogen-bond acceptors (Lipinski definition) is 2. The van der Waals surface area contributed by atoms with E-state index in [9.17, 15) is 9.18 Å². The van der Waals surface area contributed by atoms with Gasteiger partial charge in [0, 0.05) is 19.3 Å². The molecule has 1 heterocycles. The summed E-state index contributed by atoms with van der Waals surface area (Å²) in [5, 5.41) is 2.78. The lowest BCUT2D eigenvalue weighted by Crippen LogP contribution is -2.39. The van der Waals surface area contributed by atoms with Gasteiger partial charge in [0.05, 0.1) is 0 Å². The summed E-state index contributed by atoms with van der Waals surface area (Å²) in [4.78, 5) is 16.1. The highest BCUT2D eigenvalue weighted by Crippen LogP contribution is 2.17. The van der Waals surface area contributed by atoms with Gasteiger partial charge in [0.25, 0.3) is 0 Å². The molecule has 0 bridgehead atoms. The minimum atomic E-state index is -0.303. The second-order valence-corrected chi connectivity index (χ2v) is 5.56. The van der Waals surface area contributed by atoms with Gasteiger partial charge in [0.1, 0.15) is 5.82 Å². The van der Waals surface area contributed by atoms with Crippen molar-refractivity contribution in [1.29, 1.82) is 0 Å². The Balaban J connectivity index is 1.81. The second-order valence-electron chi connectivity index (χ2n) is 5.56. The number of hydrogen-bond donors (Lipinski definition) is 1. The summed E-state index contributed by atoms with van der Waals surface area (Å²) in [5.74, 6) is 0.262. The summed E-state index contributed by atoms with van der Waals surface area (Å²) in [5.41, 5.74) is 0.617. The molecule has 1 aromatic carbocycles. The van der Waals surface area contributed by atoms with E-state index in [1.807, 2.05) is 0 Å². The van der Waals surface area contributed by atoms with E-state index >= 15 is 0 Å². The molecule has 0 radical (unpaired) electrons. The number of carbonyl (C=O) groups is 1. The van der Waals surface area contributed by atoms with Gasteiger partial charge in [-0.15, -0.1) is 0 Å². The first-order chi connectivity index (χ1) is 9.54.